The van der Waals surface area contributed by atoms with Crippen molar-refractivity contribution in [3.05, 3.63) is 54.1 Å². The van der Waals surface area contributed by atoms with E-state index in [0.717, 1.165) is 52.0 Å². The summed E-state index contributed by atoms with van der Waals surface area (Å²) in [6, 6.07) is 3.60. The van der Waals surface area contributed by atoms with Gasteiger partial charge in [0.05, 0.1) is 30.7 Å². The number of piperidine rings is 1. The molecule has 0 bridgehead atoms. The molecule has 2 N–H and O–H groups in total. The van der Waals surface area contributed by atoms with Crippen LogP contribution < -0.4 is 14.4 Å². The van der Waals surface area contributed by atoms with E-state index in [1.807, 2.05) is 27.7 Å². The lowest BCUT2D eigenvalue weighted by molar-refractivity contribution is -0.0299. The molecule has 2 atom stereocenters. The lowest BCUT2D eigenvalue weighted by atomic mass is 9.72. The second-order valence-corrected chi connectivity index (χ2v) is 15.9. The zero-order valence-corrected chi connectivity index (χ0v) is 29.7. The number of hydrogen-bond acceptors (Lipinski definition) is 10. The Hall–Kier alpha value is -3.66. The molecule has 1 aromatic carbocycles. The number of nitrogens with zero attached hydrogens (tertiary/aromatic N) is 6. The molecule has 3 fully saturated rings. The van der Waals surface area contributed by atoms with Gasteiger partial charge >= 0.3 is 0 Å². The van der Waals surface area contributed by atoms with Gasteiger partial charge in [-0.25, -0.2) is 32.5 Å². The third-order valence-corrected chi connectivity index (χ3v) is 11.2. The summed E-state index contributed by atoms with van der Waals surface area (Å²) in [5.41, 5.74) is 0.333. The number of aryl methyl sites for hydroxylation is 1. The van der Waals surface area contributed by atoms with Gasteiger partial charge in [0.15, 0.2) is 16.6 Å². The highest BCUT2D eigenvalue weighted by atomic mass is 32.2. The Kier molecular flexibility index (Phi) is 10.3. The summed E-state index contributed by atoms with van der Waals surface area (Å²) in [4.78, 5) is 35.4. The van der Waals surface area contributed by atoms with E-state index in [1.165, 1.54) is 30.7 Å². The van der Waals surface area contributed by atoms with Crippen LogP contribution in [0.4, 0.5) is 10.2 Å². The molecule has 2 aromatic heterocycles. The Labute approximate surface area is 287 Å². The summed E-state index contributed by atoms with van der Waals surface area (Å²) < 4.78 is 54.8. The van der Waals surface area contributed by atoms with Crippen LogP contribution in [-0.2, 0) is 14.8 Å². The Morgan fingerprint density at radius 3 is 2.49 bits per heavy atom. The number of carbonyl (C=O) groups is 1. The number of nitrogens with one attached hydrogen (secondary N) is 2. The number of hydrogen-bond donors (Lipinski definition) is 2. The van der Waals surface area contributed by atoms with E-state index in [0.29, 0.717) is 30.4 Å². The van der Waals surface area contributed by atoms with E-state index in [2.05, 4.69) is 34.5 Å². The van der Waals surface area contributed by atoms with Crippen molar-refractivity contribution in [3.8, 4) is 11.5 Å². The fourth-order valence-electron chi connectivity index (χ4n) is 7.29. The molecule has 0 saturated carbocycles. The van der Waals surface area contributed by atoms with Crippen LogP contribution in [0.2, 0.25) is 0 Å². The maximum Gasteiger partial charge on any atom is 0.258 e. The average Bonchev–Trinajstić information content (AvgIpc) is 3.49. The molecule has 13 nitrogen and oxygen atoms in total. The minimum absolute atomic E-state index is 0.0687. The number of halogens is 1. The number of likely N-dealkylation sites (tertiary alicyclic amines) is 1. The van der Waals surface area contributed by atoms with Gasteiger partial charge in [-0.3, -0.25) is 4.79 Å². The van der Waals surface area contributed by atoms with E-state index in [-0.39, 0.29) is 51.9 Å². The van der Waals surface area contributed by atoms with Crippen molar-refractivity contribution in [2.24, 2.45) is 5.41 Å². The minimum Gasteiger partial charge on any atom is -0.451 e. The van der Waals surface area contributed by atoms with Gasteiger partial charge in [0.1, 0.15) is 23.7 Å². The Bertz CT molecular complexity index is 1720. The molecule has 3 aromatic rings. The van der Waals surface area contributed by atoms with Gasteiger partial charge in [0.2, 0.25) is 0 Å². The molecule has 0 unspecified atom stereocenters. The molecule has 6 rings (SSSR count). The molecule has 0 radical (unpaired) electrons. The van der Waals surface area contributed by atoms with Gasteiger partial charge in [-0.15, -0.1) is 0 Å². The van der Waals surface area contributed by atoms with Crippen LogP contribution in [0.1, 0.15) is 69.6 Å². The predicted octanol–water partition coefficient (Wildman–Crippen LogP) is 4.13. The van der Waals surface area contributed by atoms with Crippen LogP contribution in [-0.4, -0.2) is 108 Å². The average molecular weight is 699 g/mol. The Morgan fingerprint density at radius 2 is 1.86 bits per heavy atom. The number of rotatable bonds is 11. The predicted molar refractivity (Wildman–Crippen MR) is 182 cm³/mol. The van der Waals surface area contributed by atoms with Crippen molar-refractivity contribution in [1.82, 2.24) is 34.5 Å². The summed E-state index contributed by atoms with van der Waals surface area (Å²) in [7, 11) is -3.66. The first-order chi connectivity index (χ1) is 23.3. The van der Waals surface area contributed by atoms with Crippen LogP contribution in [0.25, 0.3) is 0 Å². The van der Waals surface area contributed by atoms with Crippen LogP contribution in [0.15, 0.2) is 41.9 Å². The van der Waals surface area contributed by atoms with Crippen molar-refractivity contribution in [2.45, 2.75) is 89.6 Å². The number of benzene rings is 1. The molecule has 0 aliphatic carbocycles. The summed E-state index contributed by atoms with van der Waals surface area (Å²) >= 11 is 0. The van der Waals surface area contributed by atoms with Gasteiger partial charge in [0.25, 0.3) is 15.9 Å². The smallest absolute Gasteiger partial charge is 0.258 e. The second kappa shape index (κ2) is 14.3. The molecular weight excluding hydrogens is 651 g/mol. The zero-order valence-electron chi connectivity index (χ0n) is 28.9. The lowest BCUT2D eigenvalue weighted by Crippen LogP contribution is -2.61. The highest BCUT2D eigenvalue weighted by Crippen LogP contribution is 2.45. The Morgan fingerprint density at radius 1 is 1.12 bits per heavy atom. The van der Waals surface area contributed by atoms with Gasteiger partial charge in [-0.1, -0.05) is 0 Å². The van der Waals surface area contributed by atoms with Gasteiger partial charge < -0.3 is 29.2 Å². The number of anilines is 1. The molecule has 266 valence electrons. The van der Waals surface area contributed by atoms with E-state index in [9.17, 15) is 17.6 Å². The number of amides is 1. The normalized spacial score (nSPS) is 21.3. The lowest BCUT2D eigenvalue weighted by Gasteiger charge is -2.54. The van der Waals surface area contributed by atoms with Crippen molar-refractivity contribution in [1.29, 1.82) is 0 Å². The summed E-state index contributed by atoms with van der Waals surface area (Å²) in [5.74, 6) is 1.09. The minimum atomic E-state index is -3.66. The molecule has 3 aliphatic rings. The quantitative estimate of drug-likeness (QED) is 0.300. The van der Waals surface area contributed by atoms with Gasteiger partial charge in [0, 0.05) is 43.2 Å². The van der Waals surface area contributed by atoms with Crippen LogP contribution in [0, 0.1) is 18.2 Å². The van der Waals surface area contributed by atoms with Crippen molar-refractivity contribution in [2.75, 3.05) is 44.2 Å². The molecule has 49 heavy (non-hydrogen) atoms. The fraction of sp³-hybridized carbons (Fsp3) is 0.588. The van der Waals surface area contributed by atoms with Gasteiger partial charge in [-0.2, -0.15) is 0 Å². The maximum absolute atomic E-state index is 14.4. The SMILES string of the molecule is Cc1ncc(S(=O)(=O)N[C@@H]2CC[C@@H](CN3CCC4(CC3)CN(c3ncncc3Oc3ccc(F)cc3C(=O)N(C(C)C)C(C)C)C4)OC2)[nH]1. The molecule has 3 saturated heterocycles. The summed E-state index contributed by atoms with van der Waals surface area (Å²) in [6.07, 6.45) is 8.07. The summed E-state index contributed by atoms with van der Waals surface area (Å²) in [6.45, 7) is 14.2. The zero-order chi connectivity index (χ0) is 34.9. The third-order valence-electron chi connectivity index (χ3n) is 9.79. The number of sulfonamides is 1. The van der Waals surface area contributed by atoms with Gasteiger partial charge in [-0.05, 0) is 91.6 Å². The summed E-state index contributed by atoms with van der Waals surface area (Å²) in [5, 5.41) is 0.0705. The maximum atomic E-state index is 14.4. The van der Waals surface area contributed by atoms with E-state index >= 15 is 0 Å². The van der Waals surface area contributed by atoms with E-state index in [1.54, 1.807) is 18.0 Å². The van der Waals surface area contributed by atoms with E-state index < -0.39 is 15.8 Å². The fourth-order valence-corrected chi connectivity index (χ4v) is 8.51. The van der Waals surface area contributed by atoms with Crippen molar-refractivity contribution in [3.63, 3.8) is 0 Å². The molecule has 5 heterocycles. The topological polar surface area (TPSA) is 146 Å². The number of H-pyrrole nitrogens is 1. The standard InChI is InChI=1S/C34H47FN8O5S/c1-22(2)43(23(3)4)33(44)28-14-25(35)6-9-29(28)48-30-15-36-21-38-32(30)42-19-34(20-42)10-12-41(13-11-34)17-27-8-7-26(18-47-27)40-49(45,46)31-16-37-24(5)39-31/h6,9,14-16,21-23,26-27,40H,7-8,10-13,17-20H2,1-5H3,(H,37,39)/t26-,27+/m1/s1. The first kappa shape index (κ1) is 35.2. The highest BCUT2D eigenvalue weighted by molar-refractivity contribution is 7.89. The number of ether oxygens (including phenoxy) is 2. The first-order valence-electron chi connectivity index (χ1n) is 17.1. The number of imidazole rings is 1. The molecule has 1 amide bonds. The van der Waals surface area contributed by atoms with E-state index in [4.69, 9.17) is 9.47 Å². The number of aromatic nitrogens is 4. The molecular formula is C34H47FN8O5S. The first-order valence-corrected chi connectivity index (χ1v) is 18.5. The van der Waals surface area contributed by atoms with Crippen LogP contribution >= 0.6 is 0 Å². The second-order valence-electron chi connectivity index (χ2n) is 14.2. The van der Waals surface area contributed by atoms with Crippen molar-refractivity contribution < 1.29 is 27.1 Å². The molecule has 15 heteroatoms. The van der Waals surface area contributed by atoms with Crippen LogP contribution in [0.5, 0.6) is 11.5 Å². The van der Waals surface area contributed by atoms with Crippen LogP contribution in [0.3, 0.4) is 0 Å². The molecule has 3 aliphatic heterocycles. The monoisotopic (exact) mass is 698 g/mol. The highest BCUT2D eigenvalue weighted by Gasteiger charge is 2.46. The van der Waals surface area contributed by atoms with Crippen molar-refractivity contribution >= 4 is 21.7 Å². The number of carbonyl (C=O) groups excluding carboxylic acids is 1. The third kappa shape index (κ3) is 7.89. The Balaban J connectivity index is 1.01. The molecule has 1 spiro atoms. The largest absolute Gasteiger partial charge is 0.451 e. The number of aromatic amines is 1.